The first-order chi connectivity index (χ1) is 9.54. The molecule has 3 aromatic rings. The maximum absolute atomic E-state index is 12.5. The molecule has 0 bridgehead atoms. The first-order valence-electron chi connectivity index (χ1n) is 5.69. The zero-order valence-electron chi connectivity index (χ0n) is 9.98. The summed E-state index contributed by atoms with van der Waals surface area (Å²) in [5.41, 5.74) is 0.393. The van der Waals surface area contributed by atoms with E-state index in [1.165, 1.54) is 12.1 Å². The minimum Gasteiger partial charge on any atom is -0.357 e. The Hall–Kier alpha value is -2.57. The van der Waals surface area contributed by atoms with Gasteiger partial charge in [0, 0.05) is 11.8 Å². The normalized spacial score (nSPS) is 11.8. The number of hydrogen-bond acceptors (Lipinski definition) is 3. The lowest BCUT2D eigenvalue weighted by Gasteiger charge is -2.05. The number of aromatic nitrogens is 3. The van der Waals surface area contributed by atoms with Crippen molar-refractivity contribution in [3.8, 4) is 23.0 Å². The summed E-state index contributed by atoms with van der Waals surface area (Å²) in [6.07, 6.45) is -2.65. The molecule has 0 radical (unpaired) electrons. The molecule has 1 aromatic carbocycles. The van der Waals surface area contributed by atoms with Gasteiger partial charge in [0.2, 0.25) is 5.82 Å². The van der Waals surface area contributed by atoms with Crippen molar-refractivity contribution in [2.75, 3.05) is 0 Å². The first kappa shape index (κ1) is 12.5. The molecule has 0 atom stereocenters. The maximum atomic E-state index is 12.5. The van der Waals surface area contributed by atoms with Crippen molar-refractivity contribution in [1.29, 1.82) is 0 Å². The maximum Gasteiger partial charge on any atom is 0.416 e. The van der Waals surface area contributed by atoms with Crippen LogP contribution in [0, 0.1) is 0 Å². The minimum absolute atomic E-state index is 0.239. The summed E-state index contributed by atoms with van der Waals surface area (Å²) in [6, 6.07) is 8.12. The molecule has 1 N–H and O–H groups in total. The Morgan fingerprint density at radius 2 is 1.80 bits per heavy atom. The Morgan fingerprint density at radius 3 is 2.40 bits per heavy atom. The van der Waals surface area contributed by atoms with E-state index in [9.17, 15) is 13.2 Å². The first-order valence-corrected chi connectivity index (χ1v) is 5.69. The van der Waals surface area contributed by atoms with E-state index in [1.807, 2.05) is 0 Å². The molecule has 0 unspecified atom stereocenters. The van der Waals surface area contributed by atoms with E-state index < -0.39 is 11.7 Å². The van der Waals surface area contributed by atoms with E-state index in [2.05, 4.69) is 15.1 Å². The Kier molecular flexibility index (Phi) is 2.81. The number of benzene rings is 1. The highest BCUT2D eigenvalue weighted by Crippen LogP contribution is 2.30. The van der Waals surface area contributed by atoms with E-state index in [0.717, 1.165) is 12.1 Å². The molecule has 0 amide bonds. The van der Waals surface area contributed by atoms with E-state index in [0.29, 0.717) is 11.3 Å². The zero-order valence-corrected chi connectivity index (χ0v) is 9.98. The van der Waals surface area contributed by atoms with Crippen molar-refractivity contribution in [2.45, 2.75) is 6.18 Å². The second kappa shape index (κ2) is 4.52. The molecule has 2 aromatic heterocycles. The van der Waals surface area contributed by atoms with Crippen LogP contribution in [0.4, 0.5) is 13.2 Å². The molecule has 102 valence electrons. The number of nitrogens with one attached hydrogen (secondary N) is 1. The van der Waals surface area contributed by atoms with Gasteiger partial charge in [0.1, 0.15) is 5.69 Å². The molecular formula is C13H8F3N3O. The van der Waals surface area contributed by atoms with Crippen LogP contribution in [0.25, 0.3) is 23.0 Å². The number of hydrogen-bond donors (Lipinski definition) is 1. The highest BCUT2D eigenvalue weighted by atomic mass is 19.4. The summed E-state index contributed by atoms with van der Waals surface area (Å²) in [4.78, 5) is 7.03. The smallest absolute Gasteiger partial charge is 0.357 e. The summed E-state index contributed by atoms with van der Waals surface area (Å²) in [7, 11) is 0. The van der Waals surface area contributed by atoms with Gasteiger partial charge in [-0.15, -0.1) is 0 Å². The number of alkyl halides is 3. The van der Waals surface area contributed by atoms with Crippen LogP contribution in [-0.2, 0) is 6.18 Å². The fourth-order valence-corrected chi connectivity index (χ4v) is 1.72. The zero-order chi connectivity index (χ0) is 14.2. The lowest BCUT2D eigenvalue weighted by Crippen LogP contribution is -2.04. The molecule has 4 nitrogen and oxygen atoms in total. The van der Waals surface area contributed by atoms with Crippen LogP contribution in [0.5, 0.6) is 0 Å². The fourth-order valence-electron chi connectivity index (χ4n) is 1.72. The standard InChI is InChI=1S/C13H8F3N3O/c14-13(15,16)9-5-3-8(4-6-9)11-18-12(20-19-11)10-2-1-7-17-10/h1-7,17H. The summed E-state index contributed by atoms with van der Waals surface area (Å²) in [6.45, 7) is 0. The van der Waals surface area contributed by atoms with Crippen molar-refractivity contribution in [3.63, 3.8) is 0 Å². The fraction of sp³-hybridized carbons (Fsp3) is 0.0769. The monoisotopic (exact) mass is 279 g/mol. The number of H-pyrrole nitrogens is 1. The van der Waals surface area contributed by atoms with Gasteiger partial charge in [-0.05, 0) is 24.3 Å². The van der Waals surface area contributed by atoms with Crippen molar-refractivity contribution < 1.29 is 17.7 Å². The molecule has 0 saturated heterocycles. The van der Waals surface area contributed by atoms with Crippen LogP contribution in [0.2, 0.25) is 0 Å². The van der Waals surface area contributed by atoms with Crippen molar-refractivity contribution in [2.24, 2.45) is 0 Å². The molecular weight excluding hydrogens is 271 g/mol. The summed E-state index contributed by atoms with van der Waals surface area (Å²) >= 11 is 0. The largest absolute Gasteiger partial charge is 0.416 e. The Labute approximate surface area is 111 Å². The van der Waals surface area contributed by atoms with Crippen molar-refractivity contribution in [3.05, 3.63) is 48.2 Å². The second-order valence-corrected chi connectivity index (χ2v) is 4.08. The SMILES string of the molecule is FC(F)(F)c1ccc(-c2noc(-c3ccc[nH]3)n2)cc1. The van der Waals surface area contributed by atoms with E-state index in [-0.39, 0.29) is 11.7 Å². The molecule has 7 heteroatoms. The van der Waals surface area contributed by atoms with Gasteiger partial charge in [-0.3, -0.25) is 0 Å². The highest BCUT2D eigenvalue weighted by Gasteiger charge is 2.30. The summed E-state index contributed by atoms with van der Waals surface area (Å²) in [5, 5.41) is 3.75. The van der Waals surface area contributed by atoms with Gasteiger partial charge in [-0.1, -0.05) is 17.3 Å². The number of aromatic amines is 1. The third kappa shape index (κ3) is 2.29. The molecule has 0 aliphatic heterocycles. The van der Waals surface area contributed by atoms with Gasteiger partial charge in [0.15, 0.2) is 0 Å². The van der Waals surface area contributed by atoms with Crippen LogP contribution in [0.15, 0.2) is 47.1 Å². The molecule has 2 heterocycles. The molecule has 0 aliphatic carbocycles. The van der Waals surface area contributed by atoms with Gasteiger partial charge < -0.3 is 9.51 Å². The van der Waals surface area contributed by atoms with Crippen LogP contribution in [0.1, 0.15) is 5.56 Å². The summed E-state index contributed by atoms with van der Waals surface area (Å²) < 4.78 is 42.4. The molecule has 0 spiro atoms. The third-order valence-electron chi connectivity index (χ3n) is 2.72. The van der Waals surface area contributed by atoms with Gasteiger partial charge in [0.25, 0.3) is 5.89 Å². The van der Waals surface area contributed by atoms with Gasteiger partial charge >= 0.3 is 6.18 Å². The molecule has 0 saturated carbocycles. The Bertz CT molecular complexity index is 699. The lowest BCUT2D eigenvalue weighted by atomic mass is 10.1. The van der Waals surface area contributed by atoms with Crippen molar-refractivity contribution >= 4 is 0 Å². The van der Waals surface area contributed by atoms with Gasteiger partial charge in [0.05, 0.1) is 5.56 Å². The minimum atomic E-state index is -4.36. The predicted molar refractivity (Wildman–Crippen MR) is 64.5 cm³/mol. The highest BCUT2D eigenvalue weighted by molar-refractivity contribution is 5.58. The number of rotatable bonds is 2. The quantitative estimate of drug-likeness (QED) is 0.777. The van der Waals surface area contributed by atoms with E-state index in [1.54, 1.807) is 18.3 Å². The topological polar surface area (TPSA) is 54.7 Å². The average molecular weight is 279 g/mol. The Morgan fingerprint density at radius 1 is 1.05 bits per heavy atom. The molecule has 20 heavy (non-hydrogen) atoms. The van der Waals surface area contributed by atoms with E-state index in [4.69, 9.17) is 4.52 Å². The van der Waals surface area contributed by atoms with Crippen LogP contribution in [0.3, 0.4) is 0 Å². The van der Waals surface area contributed by atoms with Gasteiger partial charge in [-0.25, -0.2) is 0 Å². The van der Waals surface area contributed by atoms with Crippen LogP contribution < -0.4 is 0 Å². The van der Waals surface area contributed by atoms with E-state index >= 15 is 0 Å². The molecule has 0 aliphatic rings. The molecule has 0 fully saturated rings. The number of halogens is 3. The van der Waals surface area contributed by atoms with Crippen LogP contribution >= 0.6 is 0 Å². The van der Waals surface area contributed by atoms with Crippen molar-refractivity contribution in [1.82, 2.24) is 15.1 Å². The molecule has 3 rings (SSSR count). The predicted octanol–water partition coefficient (Wildman–Crippen LogP) is 3.75. The van der Waals surface area contributed by atoms with Crippen LogP contribution in [-0.4, -0.2) is 15.1 Å². The summed E-state index contributed by atoms with van der Waals surface area (Å²) in [5.74, 6) is 0.522. The number of nitrogens with zero attached hydrogens (tertiary/aromatic N) is 2. The average Bonchev–Trinajstić information content (AvgIpc) is 3.09. The lowest BCUT2D eigenvalue weighted by molar-refractivity contribution is -0.137. The second-order valence-electron chi connectivity index (χ2n) is 4.08. The third-order valence-corrected chi connectivity index (χ3v) is 2.72. The Balaban J connectivity index is 1.90. The van der Waals surface area contributed by atoms with Gasteiger partial charge in [-0.2, -0.15) is 18.2 Å².